The van der Waals surface area contributed by atoms with Crippen molar-refractivity contribution < 1.29 is 13.2 Å². The number of amides is 1. The first-order valence-electron chi connectivity index (χ1n) is 9.40. The number of nitrogens with one attached hydrogen (secondary N) is 1. The van der Waals surface area contributed by atoms with Gasteiger partial charge in [-0.05, 0) is 73.9 Å². The number of halogens is 1. The molecule has 0 aliphatic heterocycles. The van der Waals surface area contributed by atoms with Gasteiger partial charge in [-0.15, -0.1) is 0 Å². The highest BCUT2D eigenvalue weighted by atomic mass is 35.5. The second kappa shape index (κ2) is 8.90. The molecular weight excluding hydrogens is 420 g/mol. The van der Waals surface area contributed by atoms with Crippen molar-refractivity contribution in [1.29, 1.82) is 0 Å². The van der Waals surface area contributed by atoms with Crippen LogP contribution in [0.4, 0.5) is 11.4 Å². The van der Waals surface area contributed by atoms with Gasteiger partial charge in [0.05, 0.1) is 10.6 Å². The van der Waals surface area contributed by atoms with Crippen molar-refractivity contribution in [2.24, 2.45) is 0 Å². The molecule has 0 radical (unpaired) electrons. The van der Waals surface area contributed by atoms with Gasteiger partial charge in [-0.3, -0.25) is 9.10 Å². The summed E-state index contributed by atoms with van der Waals surface area (Å²) < 4.78 is 28.0. The number of hydrogen-bond donors (Lipinski definition) is 1. The highest BCUT2D eigenvalue weighted by Gasteiger charge is 2.28. The van der Waals surface area contributed by atoms with Gasteiger partial charge >= 0.3 is 0 Å². The first-order valence-corrected chi connectivity index (χ1v) is 11.2. The monoisotopic (exact) mass is 442 g/mol. The number of benzene rings is 3. The van der Waals surface area contributed by atoms with Gasteiger partial charge < -0.3 is 5.32 Å². The molecule has 1 amide bonds. The smallest absolute Gasteiger partial charge is 0.264 e. The average molecular weight is 443 g/mol. The Morgan fingerprint density at radius 2 is 1.63 bits per heavy atom. The molecule has 156 valence electrons. The van der Waals surface area contributed by atoms with Crippen molar-refractivity contribution in [3.05, 3.63) is 88.4 Å². The van der Waals surface area contributed by atoms with Crippen LogP contribution < -0.4 is 9.62 Å². The van der Waals surface area contributed by atoms with E-state index in [1.807, 2.05) is 26.8 Å². The fraction of sp³-hybridized carbons (Fsp3) is 0.174. The number of hydrogen-bond acceptors (Lipinski definition) is 3. The molecular formula is C23H23ClN2O3S. The SMILES string of the molecule is Cc1cc(Cl)ccc1NC(=O)CN(c1cccc(C)c1C)S(=O)(=O)c1ccccc1. The topological polar surface area (TPSA) is 66.5 Å². The number of rotatable bonds is 6. The summed E-state index contributed by atoms with van der Waals surface area (Å²) in [5.74, 6) is -0.444. The molecule has 3 aromatic rings. The van der Waals surface area contributed by atoms with Gasteiger partial charge in [0.2, 0.25) is 5.91 Å². The first kappa shape index (κ1) is 21.9. The molecule has 0 saturated heterocycles. The third-order valence-corrected chi connectivity index (χ3v) is 6.93. The maximum Gasteiger partial charge on any atom is 0.264 e. The Kier molecular flexibility index (Phi) is 6.48. The van der Waals surface area contributed by atoms with E-state index in [1.54, 1.807) is 48.5 Å². The summed E-state index contributed by atoms with van der Waals surface area (Å²) in [7, 11) is -3.95. The van der Waals surface area contributed by atoms with E-state index >= 15 is 0 Å². The van der Waals surface area contributed by atoms with E-state index in [0.29, 0.717) is 16.4 Å². The van der Waals surface area contributed by atoms with Gasteiger partial charge in [0.15, 0.2) is 0 Å². The van der Waals surface area contributed by atoms with Gasteiger partial charge in [-0.25, -0.2) is 8.42 Å². The molecule has 0 aliphatic carbocycles. The van der Waals surface area contributed by atoms with Crippen molar-refractivity contribution in [2.45, 2.75) is 25.7 Å². The molecule has 7 heteroatoms. The highest BCUT2D eigenvalue weighted by molar-refractivity contribution is 7.92. The molecule has 0 atom stereocenters. The third-order valence-electron chi connectivity index (χ3n) is 4.93. The number of anilines is 2. The minimum absolute atomic E-state index is 0.126. The highest BCUT2D eigenvalue weighted by Crippen LogP contribution is 2.29. The van der Waals surface area contributed by atoms with Crippen molar-refractivity contribution in [2.75, 3.05) is 16.2 Å². The molecule has 0 unspecified atom stereocenters. The Bertz CT molecular complexity index is 1180. The van der Waals surface area contributed by atoms with E-state index in [2.05, 4.69) is 5.32 Å². The van der Waals surface area contributed by atoms with Crippen LogP contribution in [0.3, 0.4) is 0 Å². The van der Waals surface area contributed by atoms with Crippen LogP contribution in [-0.4, -0.2) is 20.9 Å². The lowest BCUT2D eigenvalue weighted by molar-refractivity contribution is -0.114. The summed E-state index contributed by atoms with van der Waals surface area (Å²) >= 11 is 5.98. The number of sulfonamides is 1. The molecule has 0 spiro atoms. The lowest BCUT2D eigenvalue weighted by atomic mass is 10.1. The molecule has 5 nitrogen and oxygen atoms in total. The maximum absolute atomic E-state index is 13.4. The fourth-order valence-electron chi connectivity index (χ4n) is 3.11. The van der Waals surface area contributed by atoms with Crippen LogP contribution in [0, 0.1) is 20.8 Å². The fourth-order valence-corrected chi connectivity index (χ4v) is 4.84. The van der Waals surface area contributed by atoms with Crippen LogP contribution in [0.2, 0.25) is 5.02 Å². The first-order chi connectivity index (χ1) is 14.2. The minimum atomic E-state index is -3.95. The van der Waals surface area contributed by atoms with Crippen LogP contribution >= 0.6 is 11.6 Å². The van der Waals surface area contributed by atoms with Crippen molar-refractivity contribution in [1.82, 2.24) is 0 Å². The van der Waals surface area contributed by atoms with E-state index in [9.17, 15) is 13.2 Å². The number of aryl methyl sites for hydroxylation is 2. The van der Waals surface area contributed by atoms with Crippen molar-refractivity contribution in [3.63, 3.8) is 0 Å². The van der Waals surface area contributed by atoms with Crippen LogP contribution in [0.1, 0.15) is 16.7 Å². The minimum Gasteiger partial charge on any atom is -0.324 e. The van der Waals surface area contributed by atoms with Crippen LogP contribution in [0.15, 0.2) is 71.6 Å². The zero-order chi connectivity index (χ0) is 21.9. The second-order valence-corrected chi connectivity index (χ2v) is 9.35. The van der Waals surface area contributed by atoms with E-state index in [0.717, 1.165) is 21.0 Å². The second-order valence-electron chi connectivity index (χ2n) is 7.05. The molecule has 1 N–H and O–H groups in total. The molecule has 30 heavy (non-hydrogen) atoms. The number of carbonyl (C=O) groups excluding carboxylic acids is 1. The standard InChI is InChI=1S/C23H23ClN2O3S/c1-16-8-7-11-22(18(16)3)26(30(28,29)20-9-5-4-6-10-20)15-23(27)25-21-13-12-19(24)14-17(21)2/h4-14H,15H2,1-3H3,(H,25,27). The molecule has 0 saturated carbocycles. The molecule has 3 rings (SSSR count). The lowest BCUT2D eigenvalue weighted by Crippen LogP contribution is -2.38. The van der Waals surface area contributed by atoms with E-state index in [-0.39, 0.29) is 11.4 Å². The Morgan fingerprint density at radius 3 is 2.30 bits per heavy atom. The molecule has 0 heterocycles. The Labute approximate surface area is 182 Å². The number of nitrogens with zero attached hydrogens (tertiary/aromatic N) is 1. The van der Waals surface area contributed by atoms with E-state index in [1.165, 1.54) is 12.1 Å². The predicted molar refractivity (Wildman–Crippen MR) is 122 cm³/mol. The van der Waals surface area contributed by atoms with Gasteiger partial charge in [0.25, 0.3) is 10.0 Å². The third kappa shape index (κ3) is 4.66. The molecule has 3 aromatic carbocycles. The normalized spacial score (nSPS) is 11.2. The molecule has 0 aromatic heterocycles. The summed E-state index contributed by atoms with van der Waals surface area (Å²) in [6.07, 6.45) is 0. The number of carbonyl (C=O) groups is 1. The van der Waals surface area contributed by atoms with Crippen molar-refractivity contribution >= 4 is 38.9 Å². The van der Waals surface area contributed by atoms with E-state index in [4.69, 9.17) is 11.6 Å². The summed E-state index contributed by atoms with van der Waals surface area (Å²) in [6.45, 7) is 5.22. The summed E-state index contributed by atoms with van der Waals surface area (Å²) in [5.41, 5.74) is 3.59. The lowest BCUT2D eigenvalue weighted by Gasteiger charge is -2.26. The zero-order valence-electron chi connectivity index (χ0n) is 17.0. The molecule has 0 fully saturated rings. The summed E-state index contributed by atoms with van der Waals surface area (Å²) in [5, 5.41) is 3.36. The van der Waals surface area contributed by atoms with Gasteiger partial charge in [0, 0.05) is 10.7 Å². The largest absolute Gasteiger partial charge is 0.324 e. The van der Waals surface area contributed by atoms with Gasteiger partial charge in [-0.1, -0.05) is 41.9 Å². The summed E-state index contributed by atoms with van der Waals surface area (Å²) in [4.78, 5) is 13.0. The average Bonchev–Trinajstić information content (AvgIpc) is 2.71. The van der Waals surface area contributed by atoms with E-state index < -0.39 is 15.9 Å². The molecule has 0 bridgehead atoms. The Morgan fingerprint density at radius 1 is 0.933 bits per heavy atom. The zero-order valence-corrected chi connectivity index (χ0v) is 18.6. The van der Waals surface area contributed by atoms with Crippen molar-refractivity contribution in [3.8, 4) is 0 Å². The van der Waals surface area contributed by atoms with Crippen LogP contribution in [0.25, 0.3) is 0 Å². The van der Waals surface area contributed by atoms with Crippen LogP contribution in [-0.2, 0) is 14.8 Å². The van der Waals surface area contributed by atoms with Gasteiger partial charge in [-0.2, -0.15) is 0 Å². The maximum atomic E-state index is 13.4. The van der Waals surface area contributed by atoms with Crippen LogP contribution in [0.5, 0.6) is 0 Å². The quantitative estimate of drug-likeness (QED) is 0.577. The Hall–Kier alpha value is -2.83. The Balaban J connectivity index is 1.99. The summed E-state index contributed by atoms with van der Waals surface area (Å²) in [6, 6.07) is 18.6. The molecule has 0 aliphatic rings. The predicted octanol–water partition coefficient (Wildman–Crippen LogP) is 5.10. The van der Waals surface area contributed by atoms with Gasteiger partial charge in [0.1, 0.15) is 6.54 Å².